The second kappa shape index (κ2) is 10.1. The van der Waals surface area contributed by atoms with E-state index in [0.717, 1.165) is 50.6 Å². The first-order valence-corrected chi connectivity index (χ1v) is 13.0. The van der Waals surface area contributed by atoms with Gasteiger partial charge in [0.25, 0.3) is 0 Å². The van der Waals surface area contributed by atoms with Crippen LogP contribution in [-0.2, 0) is 26.0 Å². The van der Waals surface area contributed by atoms with E-state index in [1.807, 2.05) is 42.6 Å². The van der Waals surface area contributed by atoms with Crippen LogP contribution in [0.4, 0.5) is 11.5 Å². The van der Waals surface area contributed by atoms with E-state index >= 15 is 0 Å². The lowest BCUT2D eigenvalue weighted by Gasteiger charge is -2.13. The lowest BCUT2D eigenvalue weighted by atomic mass is 9.95. The van der Waals surface area contributed by atoms with Crippen molar-refractivity contribution in [1.29, 1.82) is 0 Å². The Morgan fingerprint density at radius 3 is 2.89 bits per heavy atom. The van der Waals surface area contributed by atoms with Gasteiger partial charge in [0.1, 0.15) is 29.3 Å². The molecule has 0 amide bonds. The summed E-state index contributed by atoms with van der Waals surface area (Å²) in [4.78, 5) is 15.3. The minimum atomic E-state index is -0.844. The van der Waals surface area contributed by atoms with E-state index < -0.39 is 6.10 Å². The van der Waals surface area contributed by atoms with Crippen molar-refractivity contribution in [3.8, 4) is 16.2 Å². The van der Waals surface area contributed by atoms with E-state index in [1.165, 1.54) is 5.56 Å². The molecular weight excluding hydrogens is 512 g/mol. The Kier molecular flexibility index (Phi) is 6.47. The van der Waals surface area contributed by atoms with Crippen LogP contribution in [0.1, 0.15) is 17.0 Å². The lowest BCUT2D eigenvalue weighted by molar-refractivity contribution is 0.0782. The first kappa shape index (κ1) is 23.8. The van der Waals surface area contributed by atoms with Crippen molar-refractivity contribution in [2.45, 2.75) is 32.1 Å². The minimum absolute atomic E-state index is 0.249. The van der Waals surface area contributed by atoms with Gasteiger partial charge in [-0.2, -0.15) is 5.10 Å². The Morgan fingerprint density at radius 2 is 2.08 bits per heavy atom. The third-order valence-electron chi connectivity index (χ3n) is 6.19. The number of hydrogen-bond donors (Lipinski definition) is 3. The average Bonchev–Trinajstić information content (AvgIpc) is 3.50. The molecule has 0 saturated carbocycles. The van der Waals surface area contributed by atoms with Gasteiger partial charge in [0.15, 0.2) is 0 Å². The molecule has 0 aliphatic heterocycles. The van der Waals surface area contributed by atoms with Crippen LogP contribution in [0.25, 0.3) is 20.7 Å². The fourth-order valence-corrected chi connectivity index (χ4v) is 5.91. The monoisotopic (exact) mass is 534 g/mol. The fraction of sp³-hybridized carbons (Fsp3) is 0.231. The Hall–Kier alpha value is -3.57. The van der Waals surface area contributed by atoms with E-state index in [4.69, 9.17) is 16.3 Å². The van der Waals surface area contributed by atoms with Crippen LogP contribution in [0, 0.1) is 0 Å². The number of aliphatic hydroxyl groups excluding tert-OH is 2. The first-order valence-electron chi connectivity index (χ1n) is 11.8. The van der Waals surface area contributed by atoms with Gasteiger partial charge < -0.3 is 20.3 Å². The molecule has 0 radical (unpaired) electrons. The van der Waals surface area contributed by atoms with Crippen LogP contribution < -0.4 is 10.1 Å². The van der Waals surface area contributed by atoms with E-state index in [9.17, 15) is 10.2 Å². The number of halogens is 1. The molecule has 0 bridgehead atoms. The smallest absolute Gasteiger partial charge is 0.142 e. The van der Waals surface area contributed by atoms with Gasteiger partial charge >= 0.3 is 0 Å². The molecule has 4 heterocycles. The molecule has 4 aromatic heterocycles. The Morgan fingerprint density at radius 1 is 1.16 bits per heavy atom. The zero-order chi connectivity index (χ0) is 25.4. The second-order valence-corrected chi connectivity index (χ2v) is 10.1. The SMILES string of the molecule is OC[C@@H](O)Cn1cc2c(n1)CCc1c-2sc2ncnc(Nc3ccc(OCc4ccccn4)c(Cl)c3)c12. The molecule has 1 atom stereocenters. The van der Waals surface area contributed by atoms with Crippen molar-refractivity contribution >= 4 is 44.7 Å². The highest BCUT2D eigenvalue weighted by molar-refractivity contribution is 7.22. The van der Waals surface area contributed by atoms with Gasteiger partial charge in [0, 0.05) is 28.5 Å². The summed E-state index contributed by atoms with van der Waals surface area (Å²) in [5.74, 6) is 1.29. The maximum absolute atomic E-state index is 9.82. The van der Waals surface area contributed by atoms with Gasteiger partial charge in [-0.05, 0) is 48.7 Å². The topological polar surface area (TPSA) is 118 Å². The number of aromatic nitrogens is 5. The highest BCUT2D eigenvalue weighted by Gasteiger charge is 2.26. The molecule has 3 N–H and O–H groups in total. The second-order valence-electron chi connectivity index (χ2n) is 8.74. The molecular formula is C26H23ClN6O3S. The summed E-state index contributed by atoms with van der Waals surface area (Å²) in [7, 11) is 0. The summed E-state index contributed by atoms with van der Waals surface area (Å²) in [6.45, 7) is 0.280. The zero-order valence-electron chi connectivity index (χ0n) is 19.6. The van der Waals surface area contributed by atoms with Crippen molar-refractivity contribution in [3.63, 3.8) is 0 Å². The van der Waals surface area contributed by atoms with Crippen LogP contribution in [0.5, 0.6) is 5.75 Å². The molecule has 0 fully saturated rings. The van der Waals surface area contributed by atoms with E-state index in [0.29, 0.717) is 23.2 Å². The third kappa shape index (κ3) is 4.76. The van der Waals surface area contributed by atoms with E-state index in [1.54, 1.807) is 28.5 Å². The molecule has 11 heteroatoms. The van der Waals surface area contributed by atoms with Crippen LogP contribution in [0.3, 0.4) is 0 Å². The summed E-state index contributed by atoms with van der Waals surface area (Å²) in [6.07, 6.45) is 5.97. The number of rotatable bonds is 8. The minimum Gasteiger partial charge on any atom is -0.486 e. The van der Waals surface area contributed by atoms with Crippen molar-refractivity contribution in [2.24, 2.45) is 0 Å². The summed E-state index contributed by atoms with van der Waals surface area (Å²) in [6, 6.07) is 11.2. The number of nitrogens with one attached hydrogen (secondary N) is 1. The quantitative estimate of drug-likeness (QED) is 0.268. The summed E-state index contributed by atoms with van der Waals surface area (Å²) >= 11 is 8.13. The number of benzene rings is 1. The number of nitrogens with zero attached hydrogens (tertiary/aromatic N) is 5. The number of hydrogen-bond acceptors (Lipinski definition) is 9. The Bertz CT molecular complexity index is 1570. The Labute approximate surface area is 221 Å². The molecule has 9 nitrogen and oxygen atoms in total. The predicted octanol–water partition coefficient (Wildman–Crippen LogP) is 4.38. The predicted molar refractivity (Wildman–Crippen MR) is 142 cm³/mol. The first-order chi connectivity index (χ1) is 18.1. The van der Waals surface area contributed by atoms with Gasteiger partial charge in [-0.3, -0.25) is 9.67 Å². The van der Waals surface area contributed by atoms with Crippen LogP contribution >= 0.6 is 22.9 Å². The molecule has 1 aliphatic carbocycles. The van der Waals surface area contributed by atoms with Crippen LogP contribution in [-0.4, -0.2) is 47.7 Å². The van der Waals surface area contributed by atoms with Crippen LogP contribution in [0.2, 0.25) is 5.02 Å². The standard InChI is InChI=1S/C26H23ClN6O3S/c27-20-9-15(4-7-22(20)36-13-16-3-1-2-8-28-16)31-25-23-18-5-6-21-19(11-33(32-21)10-17(35)12-34)24(18)37-26(23)30-14-29-25/h1-4,7-9,11,14,17,34-35H,5-6,10,12-13H2,(H,29,30,31)/t17-/m0/s1. The number of aliphatic hydroxyl groups is 2. The number of thiophene rings is 1. The molecule has 188 valence electrons. The van der Waals surface area contributed by atoms with Gasteiger partial charge in [-0.25, -0.2) is 9.97 Å². The molecule has 0 unspecified atom stereocenters. The fourth-order valence-electron chi connectivity index (χ4n) is 4.46. The van der Waals surface area contributed by atoms with Gasteiger partial charge in [-0.1, -0.05) is 17.7 Å². The van der Waals surface area contributed by atoms with E-state index in [-0.39, 0.29) is 13.2 Å². The van der Waals surface area contributed by atoms with Crippen LogP contribution in [0.15, 0.2) is 55.1 Å². The van der Waals surface area contributed by atoms with E-state index in [2.05, 4.69) is 25.4 Å². The Balaban J connectivity index is 1.27. The highest BCUT2D eigenvalue weighted by Crippen LogP contribution is 2.45. The van der Waals surface area contributed by atoms with Gasteiger partial charge in [0.05, 0.1) is 41.1 Å². The largest absolute Gasteiger partial charge is 0.486 e. The molecule has 6 rings (SSSR count). The highest BCUT2D eigenvalue weighted by atomic mass is 35.5. The number of anilines is 2. The summed E-state index contributed by atoms with van der Waals surface area (Å²) in [5, 5.41) is 28.5. The summed E-state index contributed by atoms with van der Waals surface area (Å²) < 4.78 is 7.55. The molecule has 37 heavy (non-hydrogen) atoms. The normalized spacial score (nSPS) is 13.3. The van der Waals surface area contributed by atoms with Crippen molar-refractivity contribution in [1.82, 2.24) is 24.7 Å². The number of ether oxygens (including phenoxy) is 1. The van der Waals surface area contributed by atoms with Gasteiger partial charge in [-0.15, -0.1) is 11.3 Å². The van der Waals surface area contributed by atoms with Crippen molar-refractivity contribution in [3.05, 3.63) is 77.1 Å². The average molecular weight is 535 g/mol. The lowest BCUT2D eigenvalue weighted by Crippen LogP contribution is -2.20. The number of pyridine rings is 1. The molecule has 5 aromatic rings. The molecule has 0 saturated heterocycles. The number of aryl methyl sites for hydroxylation is 2. The summed E-state index contributed by atoms with van der Waals surface area (Å²) in [5.41, 5.74) is 4.82. The van der Waals surface area contributed by atoms with Crippen molar-refractivity contribution in [2.75, 3.05) is 11.9 Å². The maximum atomic E-state index is 9.82. The molecule has 0 spiro atoms. The molecule has 1 aliphatic rings. The van der Waals surface area contributed by atoms with Crippen molar-refractivity contribution < 1.29 is 14.9 Å². The zero-order valence-corrected chi connectivity index (χ0v) is 21.2. The third-order valence-corrected chi connectivity index (χ3v) is 7.66. The molecule has 1 aromatic carbocycles. The maximum Gasteiger partial charge on any atom is 0.142 e. The van der Waals surface area contributed by atoms with Gasteiger partial charge in [0.2, 0.25) is 0 Å². The number of fused-ring (bicyclic) bond motifs is 5.